The van der Waals surface area contributed by atoms with Gasteiger partial charge < -0.3 is 20.4 Å². The first-order valence-electron chi connectivity index (χ1n) is 7.74. The molecule has 138 valence electrons. The van der Waals surface area contributed by atoms with E-state index in [4.69, 9.17) is 10.2 Å². The summed E-state index contributed by atoms with van der Waals surface area (Å²) in [4.78, 5) is 14.3. The summed E-state index contributed by atoms with van der Waals surface area (Å²) >= 11 is 0. The number of furan rings is 1. The number of hydrogen-bond donors (Lipinski definition) is 2. The number of amides is 1. The van der Waals surface area contributed by atoms with Gasteiger partial charge in [0, 0.05) is 24.8 Å². The highest BCUT2D eigenvalue weighted by Crippen LogP contribution is 2.21. The number of rotatable bonds is 4. The van der Waals surface area contributed by atoms with Gasteiger partial charge in [-0.25, -0.2) is 4.39 Å². The van der Waals surface area contributed by atoms with E-state index in [2.05, 4.69) is 10.2 Å². The van der Waals surface area contributed by atoms with E-state index in [1.165, 1.54) is 18.4 Å². The lowest BCUT2D eigenvalue weighted by atomic mass is 10.0. The summed E-state index contributed by atoms with van der Waals surface area (Å²) < 4.78 is 18.6. The maximum atomic E-state index is 13.4. The SMILES string of the molecule is Cl.Cl.NCc1cc(C(=O)NC2CCCN(c3cccc(F)c3)C2)co1. The van der Waals surface area contributed by atoms with Crippen LogP contribution in [-0.2, 0) is 6.54 Å². The highest BCUT2D eigenvalue weighted by atomic mass is 35.5. The first-order valence-corrected chi connectivity index (χ1v) is 7.74. The standard InChI is InChI=1S/C17H20FN3O2.2ClH/c18-13-3-1-5-15(8-13)21-6-2-4-14(10-21)20-17(22)12-7-16(9-19)23-11-12;;/h1,3,5,7-8,11,14H,2,4,6,9-10,19H2,(H,20,22);2*1H. The summed E-state index contributed by atoms with van der Waals surface area (Å²) in [5.74, 6) is 0.168. The van der Waals surface area contributed by atoms with Crippen molar-refractivity contribution >= 4 is 36.4 Å². The molecular weight excluding hydrogens is 368 g/mol. The van der Waals surface area contributed by atoms with Gasteiger partial charge >= 0.3 is 0 Å². The molecule has 2 heterocycles. The Morgan fingerprint density at radius 1 is 1.36 bits per heavy atom. The van der Waals surface area contributed by atoms with Crippen LogP contribution in [0, 0.1) is 5.82 Å². The summed E-state index contributed by atoms with van der Waals surface area (Å²) in [5, 5.41) is 3.01. The lowest BCUT2D eigenvalue weighted by Crippen LogP contribution is -2.47. The van der Waals surface area contributed by atoms with Crippen LogP contribution in [-0.4, -0.2) is 25.0 Å². The average molecular weight is 390 g/mol. The van der Waals surface area contributed by atoms with Gasteiger partial charge in [0.15, 0.2) is 0 Å². The molecule has 1 aliphatic heterocycles. The van der Waals surface area contributed by atoms with E-state index in [9.17, 15) is 9.18 Å². The zero-order valence-corrected chi connectivity index (χ0v) is 15.2. The van der Waals surface area contributed by atoms with Crippen molar-refractivity contribution in [3.63, 3.8) is 0 Å². The predicted molar refractivity (Wildman–Crippen MR) is 100 cm³/mol. The Kier molecular flexibility index (Phi) is 8.22. The Bertz CT molecular complexity index is 696. The molecule has 5 nitrogen and oxygen atoms in total. The van der Waals surface area contributed by atoms with Crippen LogP contribution in [0.1, 0.15) is 29.0 Å². The van der Waals surface area contributed by atoms with Crippen molar-refractivity contribution in [2.75, 3.05) is 18.0 Å². The number of halogens is 3. The number of nitrogens with one attached hydrogen (secondary N) is 1. The number of nitrogens with zero attached hydrogens (tertiary/aromatic N) is 1. The van der Waals surface area contributed by atoms with Gasteiger partial charge in [-0.1, -0.05) is 6.07 Å². The maximum Gasteiger partial charge on any atom is 0.254 e. The molecule has 8 heteroatoms. The zero-order valence-electron chi connectivity index (χ0n) is 13.6. The fourth-order valence-corrected chi connectivity index (χ4v) is 2.88. The molecule has 1 aromatic carbocycles. The molecule has 1 unspecified atom stereocenters. The number of hydrogen-bond acceptors (Lipinski definition) is 4. The van der Waals surface area contributed by atoms with Gasteiger partial charge in [-0.05, 0) is 37.1 Å². The Balaban J connectivity index is 0.00000156. The van der Waals surface area contributed by atoms with E-state index in [1.54, 1.807) is 12.1 Å². The van der Waals surface area contributed by atoms with Gasteiger partial charge in [-0.3, -0.25) is 4.79 Å². The van der Waals surface area contributed by atoms with Crippen LogP contribution in [0.5, 0.6) is 0 Å². The molecule has 0 spiro atoms. The fraction of sp³-hybridized carbons (Fsp3) is 0.353. The minimum atomic E-state index is -0.249. The third-order valence-electron chi connectivity index (χ3n) is 4.05. The van der Waals surface area contributed by atoms with E-state index in [0.717, 1.165) is 25.1 Å². The lowest BCUT2D eigenvalue weighted by Gasteiger charge is -2.34. The van der Waals surface area contributed by atoms with Gasteiger partial charge in [0.25, 0.3) is 5.91 Å². The molecule has 1 aromatic heterocycles. The second-order valence-electron chi connectivity index (χ2n) is 5.74. The lowest BCUT2D eigenvalue weighted by molar-refractivity contribution is 0.0932. The third-order valence-corrected chi connectivity index (χ3v) is 4.05. The summed E-state index contributed by atoms with van der Waals surface area (Å²) in [6.07, 6.45) is 3.27. The van der Waals surface area contributed by atoms with Crippen molar-refractivity contribution in [3.8, 4) is 0 Å². The molecule has 1 atom stereocenters. The summed E-state index contributed by atoms with van der Waals surface area (Å²) in [6, 6.07) is 8.22. The molecular formula is C17H22Cl2FN3O2. The van der Waals surface area contributed by atoms with Gasteiger partial charge in [0.1, 0.15) is 17.8 Å². The van der Waals surface area contributed by atoms with Crippen LogP contribution in [0.25, 0.3) is 0 Å². The van der Waals surface area contributed by atoms with Crippen molar-refractivity contribution < 1.29 is 13.6 Å². The monoisotopic (exact) mass is 389 g/mol. The van der Waals surface area contributed by atoms with Gasteiger partial charge in [0.2, 0.25) is 0 Å². The van der Waals surface area contributed by atoms with Gasteiger partial charge in [-0.2, -0.15) is 0 Å². The van der Waals surface area contributed by atoms with Crippen LogP contribution < -0.4 is 16.0 Å². The van der Waals surface area contributed by atoms with Gasteiger partial charge in [0.05, 0.1) is 12.1 Å². The molecule has 25 heavy (non-hydrogen) atoms. The number of benzene rings is 1. The molecule has 3 N–H and O–H groups in total. The summed E-state index contributed by atoms with van der Waals surface area (Å²) in [7, 11) is 0. The van der Waals surface area contributed by atoms with Crippen LogP contribution in [0.3, 0.4) is 0 Å². The van der Waals surface area contributed by atoms with E-state index >= 15 is 0 Å². The number of carbonyl (C=O) groups excluding carboxylic acids is 1. The Labute approximate surface area is 158 Å². The summed E-state index contributed by atoms with van der Waals surface area (Å²) in [6.45, 7) is 1.79. The van der Waals surface area contributed by atoms with Crippen molar-refractivity contribution in [2.45, 2.75) is 25.4 Å². The van der Waals surface area contributed by atoms with E-state index in [1.807, 2.05) is 6.07 Å². The van der Waals surface area contributed by atoms with Crippen LogP contribution in [0.2, 0.25) is 0 Å². The molecule has 1 amide bonds. The van der Waals surface area contributed by atoms with Crippen molar-refractivity contribution in [1.82, 2.24) is 5.32 Å². The molecule has 1 saturated heterocycles. The minimum Gasteiger partial charge on any atom is -0.467 e. The molecule has 0 aliphatic carbocycles. The van der Waals surface area contributed by atoms with Crippen molar-refractivity contribution in [3.05, 3.63) is 53.7 Å². The number of anilines is 1. The van der Waals surface area contributed by atoms with Crippen LogP contribution >= 0.6 is 24.8 Å². The molecule has 0 radical (unpaired) electrons. The maximum absolute atomic E-state index is 13.4. The number of nitrogens with two attached hydrogens (primary N) is 1. The highest BCUT2D eigenvalue weighted by molar-refractivity contribution is 5.94. The van der Waals surface area contributed by atoms with Crippen molar-refractivity contribution in [1.29, 1.82) is 0 Å². The van der Waals surface area contributed by atoms with Crippen molar-refractivity contribution in [2.24, 2.45) is 5.73 Å². The molecule has 1 fully saturated rings. The van der Waals surface area contributed by atoms with E-state index in [-0.39, 0.29) is 49.1 Å². The smallest absolute Gasteiger partial charge is 0.254 e. The highest BCUT2D eigenvalue weighted by Gasteiger charge is 2.23. The average Bonchev–Trinajstić information content (AvgIpc) is 3.04. The quantitative estimate of drug-likeness (QED) is 0.842. The van der Waals surface area contributed by atoms with E-state index in [0.29, 0.717) is 17.9 Å². The number of carbonyl (C=O) groups is 1. The van der Waals surface area contributed by atoms with E-state index < -0.39 is 0 Å². The second kappa shape index (κ2) is 9.65. The Morgan fingerprint density at radius 3 is 2.84 bits per heavy atom. The third kappa shape index (κ3) is 5.36. The summed E-state index contributed by atoms with van der Waals surface area (Å²) in [5.41, 5.74) is 6.80. The Morgan fingerprint density at radius 2 is 2.16 bits per heavy atom. The molecule has 1 aliphatic rings. The van der Waals surface area contributed by atoms with Crippen LogP contribution in [0.15, 0.2) is 41.0 Å². The molecule has 0 bridgehead atoms. The number of piperidine rings is 1. The normalized spacial score (nSPS) is 16.6. The topological polar surface area (TPSA) is 71.5 Å². The predicted octanol–water partition coefficient (Wildman–Crippen LogP) is 3.12. The zero-order chi connectivity index (χ0) is 16.2. The largest absolute Gasteiger partial charge is 0.467 e. The first kappa shape index (κ1) is 21.3. The fourth-order valence-electron chi connectivity index (χ4n) is 2.88. The Hall–Kier alpha value is -1.76. The minimum absolute atomic E-state index is 0. The molecule has 2 aromatic rings. The van der Waals surface area contributed by atoms with Gasteiger partial charge in [-0.15, -0.1) is 24.8 Å². The first-order chi connectivity index (χ1) is 11.2. The molecule has 3 rings (SSSR count). The molecule has 0 saturated carbocycles. The van der Waals surface area contributed by atoms with Crippen LogP contribution in [0.4, 0.5) is 10.1 Å². The second-order valence-corrected chi connectivity index (χ2v) is 5.74.